The Morgan fingerprint density at radius 1 is 0.793 bits per heavy atom. The summed E-state index contributed by atoms with van der Waals surface area (Å²) in [6.45, 7) is 14.8. The maximum absolute atomic E-state index is 9.85. The van der Waals surface area contributed by atoms with Crippen molar-refractivity contribution < 1.29 is 33.7 Å². The number of ether oxygens (including phenoxy) is 5. The first-order valence-electron chi connectivity index (χ1n) is 9.92. The first-order chi connectivity index (χ1) is 13.4. The van der Waals surface area contributed by atoms with Gasteiger partial charge in [0.15, 0.2) is 13.6 Å². The van der Waals surface area contributed by atoms with E-state index in [9.17, 15) is 10.0 Å². The van der Waals surface area contributed by atoms with Crippen LogP contribution in [0.2, 0.25) is 51.4 Å². The Bertz CT molecular complexity index is 571. The van der Waals surface area contributed by atoms with Gasteiger partial charge in [-0.3, -0.25) is 0 Å². The summed E-state index contributed by atoms with van der Waals surface area (Å²) in [6.07, 6.45) is 0. The highest BCUT2D eigenvalue weighted by molar-refractivity contribution is 6.76. The fourth-order valence-electron chi connectivity index (χ4n) is 2.27. The first-order valence-corrected chi connectivity index (χ1v) is 17.3. The minimum atomic E-state index is -1.77. The third-order valence-corrected chi connectivity index (χ3v) is 7.57. The predicted molar refractivity (Wildman–Crippen MR) is 122 cm³/mol. The zero-order valence-corrected chi connectivity index (χ0v) is 20.9. The molecule has 0 unspecified atom stereocenters. The normalized spacial score (nSPS) is 12.0. The number of hydrogen-bond acceptors (Lipinski definition) is 7. The molecule has 0 amide bonds. The van der Waals surface area contributed by atoms with E-state index in [1.165, 1.54) is 7.11 Å². The highest BCUT2D eigenvalue weighted by Gasteiger charge is 2.25. The largest absolute Gasteiger partial charge is 0.496 e. The maximum atomic E-state index is 9.85. The van der Waals surface area contributed by atoms with E-state index in [-0.39, 0.29) is 30.5 Å². The summed E-state index contributed by atoms with van der Waals surface area (Å²) < 4.78 is 27.7. The fourth-order valence-corrected chi connectivity index (χ4v) is 3.79. The molecule has 0 aliphatic carbocycles. The summed E-state index contributed by atoms with van der Waals surface area (Å²) in [5.74, 6) is 0.956. The van der Waals surface area contributed by atoms with Crippen molar-refractivity contribution in [2.24, 2.45) is 0 Å². The van der Waals surface area contributed by atoms with E-state index in [1.807, 2.05) is 0 Å². The molecule has 1 aromatic carbocycles. The van der Waals surface area contributed by atoms with Gasteiger partial charge >= 0.3 is 7.12 Å². The average Bonchev–Trinajstić information content (AvgIpc) is 2.58. The summed E-state index contributed by atoms with van der Waals surface area (Å²) >= 11 is 0. The second-order valence-electron chi connectivity index (χ2n) is 9.37. The Hall–Kier alpha value is -1.04. The standard InChI is InChI=1S/C19H37BO7Si2/c1-23-16-12-17(26-14-24-8-10-28(2,3)4)19(20(21)22)18(13-16)27-15-25-9-11-29(5,6)7/h12-13,21-22H,8-11,14-15H2,1-7H3. The van der Waals surface area contributed by atoms with E-state index in [2.05, 4.69) is 39.3 Å². The minimum Gasteiger partial charge on any atom is -0.496 e. The van der Waals surface area contributed by atoms with Crippen molar-refractivity contribution in [2.45, 2.75) is 51.4 Å². The highest BCUT2D eigenvalue weighted by atomic mass is 28.3. The van der Waals surface area contributed by atoms with Crippen LogP contribution < -0.4 is 19.7 Å². The minimum absolute atomic E-state index is 0.00349. The quantitative estimate of drug-likeness (QED) is 0.259. The van der Waals surface area contributed by atoms with Crippen LogP contribution in [-0.4, -0.2) is 67.2 Å². The van der Waals surface area contributed by atoms with Gasteiger partial charge in [0, 0.05) is 41.5 Å². The fraction of sp³-hybridized carbons (Fsp3) is 0.684. The molecule has 0 fully saturated rings. The van der Waals surface area contributed by atoms with Gasteiger partial charge in [-0.25, -0.2) is 0 Å². The molecule has 0 heterocycles. The molecular formula is C19H37BO7Si2. The van der Waals surface area contributed by atoms with Crippen LogP contribution >= 0.6 is 0 Å². The zero-order chi connectivity index (χ0) is 22.1. The lowest BCUT2D eigenvalue weighted by atomic mass is 9.78. The Balaban J connectivity index is 2.76. The monoisotopic (exact) mass is 444 g/mol. The van der Waals surface area contributed by atoms with Gasteiger partial charge in [-0.1, -0.05) is 39.3 Å². The molecule has 29 heavy (non-hydrogen) atoms. The van der Waals surface area contributed by atoms with E-state index in [0.29, 0.717) is 19.0 Å². The molecule has 1 rings (SSSR count). The van der Waals surface area contributed by atoms with Gasteiger partial charge in [-0.05, 0) is 12.1 Å². The Morgan fingerprint density at radius 3 is 1.52 bits per heavy atom. The number of hydrogen-bond donors (Lipinski definition) is 2. The second kappa shape index (κ2) is 12.0. The molecule has 0 bridgehead atoms. The second-order valence-corrected chi connectivity index (χ2v) is 20.6. The van der Waals surface area contributed by atoms with Crippen LogP contribution in [0.3, 0.4) is 0 Å². The molecule has 7 nitrogen and oxygen atoms in total. The number of rotatable bonds is 14. The molecule has 166 valence electrons. The van der Waals surface area contributed by atoms with Crippen molar-refractivity contribution >= 4 is 28.7 Å². The van der Waals surface area contributed by atoms with Gasteiger partial charge < -0.3 is 33.7 Å². The molecule has 10 heteroatoms. The van der Waals surface area contributed by atoms with E-state index < -0.39 is 23.3 Å². The average molecular weight is 444 g/mol. The lowest BCUT2D eigenvalue weighted by molar-refractivity contribution is 0.0186. The van der Waals surface area contributed by atoms with Crippen molar-refractivity contribution in [3.05, 3.63) is 12.1 Å². The van der Waals surface area contributed by atoms with Crippen molar-refractivity contribution in [1.82, 2.24) is 0 Å². The molecule has 0 spiro atoms. The Kier molecular flexibility index (Phi) is 10.7. The summed E-state index contributed by atoms with van der Waals surface area (Å²) in [6, 6.07) is 5.20. The van der Waals surface area contributed by atoms with Crippen molar-refractivity contribution in [3.63, 3.8) is 0 Å². The predicted octanol–water partition coefficient (Wildman–Crippen LogP) is 2.76. The van der Waals surface area contributed by atoms with Crippen molar-refractivity contribution in [2.75, 3.05) is 33.9 Å². The molecule has 0 aromatic heterocycles. The van der Waals surface area contributed by atoms with E-state index in [4.69, 9.17) is 23.7 Å². The highest BCUT2D eigenvalue weighted by Crippen LogP contribution is 2.26. The molecular weight excluding hydrogens is 407 g/mol. The van der Waals surface area contributed by atoms with Gasteiger partial charge in [0.25, 0.3) is 0 Å². The van der Waals surface area contributed by atoms with E-state index >= 15 is 0 Å². The van der Waals surface area contributed by atoms with Gasteiger partial charge in [-0.2, -0.15) is 0 Å². The third-order valence-electron chi connectivity index (χ3n) is 4.16. The third kappa shape index (κ3) is 11.1. The van der Waals surface area contributed by atoms with Gasteiger partial charge in [-0.15, -0.1) is 0 Å². The molecule has 0 aliphatic heterocycles. The summed E-state index contributed by atoms with van der Waals surface area (Å²) in [5, 5.41) is 19.7. The summed E-state index contributed by atoms with van der Waals surface area (Å²) in [7, 11) is -2.62. The van der Waals surface area contributed by atoms with Crippen molar-refractivity contribution in [3.8, 4) is 17.2 Å². The lowest BCUT2D eigenvalue weighted by Crippen LogP contribution is -2.34. The van der Waals surface area contributed by atoms with Gasteiger partial charge in [0.2, 0.25) is 0 Å². The van der Waals surface area contributed by atoms with Crippen LogP contribution in [0.15, 0.2) is 12.1 Å². The molecule has 0 aliphatic rings. The molecule has 0 radical (unpaired) electrons. The van der Waals surface area contributed by atoms with E-state index in [1.54, 1.807) is 12.1 Å². The summed E-state index contributed by atoms with van der Waals surface area (Å²) in [4.78, 5) is 0. The van der Waals surface area contributed by atoms with Gasteiger partial charge in [0.1, 0.15) is 17.2 Å². The lowest BCUT2D eigenvalue weighted by Gasteiger charge is -2.19. The summed E-state index contributed by atoms with van der Waals surface area (Å²) in [5.41, 5.74) is 0.119. The van der Waals surface area contributed by atoms with Crippen LogP contribution in [0.4, 0.5) is 0 Å². The first kappa shape index (κ1) is 26.0. The van der Waals surface area contributed by atoms with Gasteiger partial charge in [0.05, 0.1) is 12.6 Å². The van der Waals surface area contributed by atoms with Crippen LogP contribution in [0.25, 0.3) is 0 Å². The SMILES string of the molecule is COc1cc(OCOCC[Si](C)(C)C)c(B(O)O)c(OCOCC[Si](C)(C)C)c1. The Morgan fingerprint density at radius 2 is 1.21 bits per heavy atom. The molecule has 0 saturated heterocycles. The van der Waals surface area contributed by atoms with E-state index in [0.717, 1.165) is 12.1 Å². The Labute approximate surface area is 177 Å². The molecule has 0 saturated carbocycles. The molecule has 0 atom stereocenters. The topological polar surface area (TPSA) is 86.6 Å². The smallest absolute Gasteiger partial charge is 0.496 e. The zero-order valence-electron chi connectivity index (χ0n) is 18.9. The maximum Gasteiger partial charge on any atom is 0.496 e. The van der Waals surface area contributed by atoms with Crippen LogP contribution in [0, 0.1) is 0 Å². The van der Waals surface area contributed by atoms with Crippen molar-refractivity contribution in [1.29, 1.82) is 0 Å². The molecule has 2 N–H and O–H groups in total. The number of methoxy groups -OCH3 is 1. The van der Waals surface area contributed by atoms with Crippen LogP contribution in [0.5, 0.6) is 17.2 Å². The van der Waals surface area contributed by atoms with Crippen LogP contribution in [0.1, 0.15) is 0 Å². The molecule has 1 aromatic rings. The van der Waals surface area contributed by atoms with Crippen LogP contribution in [-0.2, 0) is 9.47 Å². The number of benzene rings is 1.